The van der Waals surface area contributed by atoms with Gasteiger partial charge in [-0.15, -0.1) is 0 Å². The highest BCUT2D eigenvalue weighted by Crippen LogP contribution is 2.31. The van der Waals surface area contributed by atoms with Crippen molar-refractivity contribution in [3.8, 4) is 11.4 Å². The average molecular weight is 342 g/mol. The first-order valence-electron chi connectivity index (χ1n) is 8.32. The van der Waals surface area contributed by atoms with Gasteiger partial charge in [0.2, 0.25) is 0 Å². The molecule has 3 aromatic rings. The van der Waals surface area contributed by atoms with Crippen LogP contribution in [0.25, 0.3) is 22.6 Å². The smallest absolute Gasteiger partial charge is 0.168 e. The molecule has 0 spiro atoms. The van der Waals surface area contributed by atoms with Crippen LogP contribution in [-0.2, 0) is 11.3 Å². The summed E-state index contributed by atoms with van der Waals surface area (Å²) < 4.78 is 9.45. The Hall–Kier alpha value is -2.52. The summed E-state index contributed by atoms with van der Waals surface area (Å²) in [6, 6.07) is 0. The SMILES string of the molecule is CCCn1cc(-c2nc(N)c3ncn(C4[CH]CC(CO)O4)c3n2)cn1. The number of aliphatic hydroxyl groups excluding tert-OH is 1. The number of anilines is 1. The van der Waals surface area contributed by atoms with E-state index in [9.17, 15) is 5.11 Å². The second kappa shape index (κ2) is 6.41. The maximum absolute atomic E-state index is 9.25. The van der Waals surface area contributed by atoms with E-state index < -0.39 is 0 Å². The number of nitrogens with zero attached hydrogens (tertiary/aromatic N) is 6. The van der Waals surface area contributed by atoms with Crippen molar-refractivity contribution in [3.05, 3.63) is 25.1 Å². The van der Waals surface area contributed by atoms with E-state index in [1.165, 1.54) is 0 Å². The van der Waals surface area contributed by atoms with E-state index in [2.05, 4.69) is 27.0 Å². The van der Waals surface area contributed by atoms with Crippen LogP contribution in [0.2, 0.25) is 0 Å². The van der Waals surface area contributed by atoms with E-state index in [0.29, 0.717) is 29.2 Å². The third kappa shape index (κ3) is 2.85. The van der Waals surface area contributed by atoms with Gasteiger partial charge in [0.25, 0.3) is 0 Å². The quantitative estimate of drug-likeness (QED) is 0.714. The van der Waals surface area contributed by atoms with Crippen molar-refractivity contribution in [2.24, 2.45) is 0 Å². The molecule has 1 saturated heterocycles. The number of hydrogen-bond acceptors (Lipinski definition) is 7. The minimum atomic E-state index is -0.327. The van der Waals surface area contributed by atoms with Gasteiger partial charge >= 0.3 is 0 Å². The van der Waals surface area contributed by atoms with Crippen molar-refractivity contribution in [2.45, 2.75) is 38.6 Å². The Labute approximate surface area is 144 Å². The molecule has 1 fully saturated rings. The Kier molecular flexibility index (Phi) is 4.10. The van der Waals surface area contributed by atoms with E-state index in [4.69, 9.17) is 10.5 Å². The van der Waals surface area contributed by atoms with Gasteiger partial charge in [-0.25, -0.2) is 15.0 Å². The Balaban J connectivity index is 1.73. The minimum absolute atomic E-state index is 0.0153. The molecule has 0 saturated carbocycles. The highest BCUT2D eigenvalue weighted by atomic mass is 16.5. The van der Waals surface area contributed by atoms with E-state index in [1.54, 1.807) is 12.5 Å². The summed E-state index contributed by atoms with van der Waals surface area (Å²) >= 11 is 0. The monoisotopic (exact) mass is 342 g/mol. The fourth-order valence-electron chi connectivity index (χ4n) is 2.96. The molecule has 1 aliphatic heterocycles. The molecule has 0 aliphatic carbocycles. The van der Waals surface area contributed by atoms with Crippen LogP contribution in [0.3, 0.4) is 0 Å². The molecule has 25 heavy (non-hydrogen) atoms. The van der Waals surface area contributed by atoms with Crippen molar-refractivity contribution in [1.29, 1.82) is 0 Å². The maximum Gasteiger partial charge on any atom is 0.168 e. The molecular weight excluding hydrogens is 322 g/mol. The summed E-state index contributed by atoms with van der Waals surface area (Å²) in [5.41, 5.74) is 8.02. The zero-order valence-corrected chi connectivity index (χ0v) is 13.9. The number of imidazole rings is 1. The number of rotatable bonds is 5. The molecule has 131 valence electrons. The Morgan fingerprint density at radius 3 is 3.04 bits per heavy atom. The number of aryl methyl sites for hydroxylation is 1. The molecule has 4 heterocycles. The Morgan fingerprint density at radius 2 is 2.28 bits per heavy atom. The largest absolute Gasteiger partial charge is 0.394 e. The summed E-state index contributed by atoms with van der Waals surface area (Å²) in [5, 5.41) is 13.6. The van der Waals surface area contributed by atoms with Gasteiger partial charge in [-0.05, 0) is 12.8 Å². The van der Waals surface area contributed by atoms with Crippen molar-refractivity contribution in [1.82, 2.24) is 29.3 Å². The maximum atomic E-state index is 9.25. The lowest BCUT2D eigenvalue weighted by Gasteiger charge is -2.14. The van der Waals surface area contributed by atoms with Gasteiger partial charge in [0.05, 0.1) is 30.8 Å². The first kappa shape index (κ1) is 16.0. The summed E-state index contributed by atoms with van der Waals surface area (Å²) in [6.07, 6.45) is 8.41. The van der Waals surface area contributed by atoms with Gasteiger partial charge in [-0.1, -0.05) is 6.92 Å². The zero-order chi connectivity index (χ0) is 17.4. The number of aromatic nitrogens is 6. The molecular formula is C16H20N7O2. The van der Waals surface area contributed by atoms with E-state index in [1.807, 2.05) is 21.9 Å². The molecule has 1 radical (unpaired) electrons. The summed E-state index contributed by atoms with van der Waals surface area (Å²) in [6.45, 7) is 2.92. The number of fused-ring (bicyclic) bond motifs is 1. The third-order valence-corrected chi connectivity index (χ3v) is 4.20. The predicted octanol–water partition coefficient (Wildman–Crippen LogP) is 1.17. The fraction of sp³-hybridized carbons (Fsp3) is 0.438. The first-order valence-corrected chi connectivity index (χ1v) is 8.32. The normalized spacial score (nSPS) is 20.6. The van der Waals surface area contributed by atoms with Crippen LogP contribution in [-0.4, -0.2) is 47.1 Å². The molecule has 4 rings (SSSR count). The summed E-state index contributed by atoms with van der Waals surface area (Å²) in [7, 11) is 0. The van der Waals surface area contributed by atoms with Crippen LogP contribution in [0.5, 0.6) is 0 Å². The van der Waals surface area contributed by atoms with Crippen LogP contribution in [0.1, 0.15) is 26.0 Å². The van der Waals surface area contributed by atoms with Crippen LogP contribution >= 0.6 is 0 Å². The summed E-state index contributed by atoms with van der Waals surface area (Å²) in [4.78, 5) is 13.3. The molecule has 2 unspecified atom stereocenters. The topological polar surface area (TPSA) is 117 Å². The van der Waals surface area contributed by atoms with E-state index in [-0.39, 0.29) is 18.9 Å². The molecule has 0 aromatic carbocycles. The zero-order valence-electron chi connectivity index (χ0n) is 13.9. The van der Waals surface area contributed by atoms with Crippen LogP contribution in [0, 0.1) is 6.42 Å². The lowest BCUT2D eigenvalue weighted by atomic mass is 10.2. The van der Waals surface area contributed by atoms with Crippen molar-refractivity contribution >= 4 is 17.0 Å². The molecule has 9 nitrogen and oxygen atoms in total. The lowest BCUT2D eigenvalue weighted by Crippen LogP contribution is -2.14. The average Bonchev–Trinajstić information content (AvgIpc) is 3.33. The number of hydrogen-bond donors (Lipinski definition) is 2. The highest BCUT2D eigenvalue weighted by molar-refractivity contribution is 5.83. The van der Waals surface area contributed by atoms with Crippen molar-refractivity contribution in [3.63, 3.8) is 0 Å². The number of aliphatic hydroxyl groups is 1. The first-order chi connectivity index (χ1) is 12.2. The second-order valence-electron chi connectivity index (χ2n) is 6.05. The summed E-state index contributed by atoms with van der Waals surface area (Å²) in [5.74, 6) is 0.824. The van der Waals surface area contributed by atoms with Gasteiger partial charge in [0, 0.05) is 19.2 Å². The molecule has 2 atom stereocenters. The minimum Gasteiger partial charge on any atom is -0.394 e. The third-order valence-electron chi connectivity index (χ3n) is 4.20. The van der Waals surface area contributed by atoms with Gasteiger partial charge in [0.15, 0.2) is 17.3 Å². The number of nitrogen functional groups attached to an aromatic ring is 1. The van der Waals surface area contributed by atoms with Crippen LogP contribution in [0.15, 0.2) is 18.7 Å². The van der Waals surface area contributed by atoms with Gasteiger partial charge in [-0.3, -0.25) is 9.25 Å². The van der Waals surface area contributed by atoms with Crippen molar-refractivity contribution in [2.75, 3.05) is 12.3 Å². The van der Waals surface area contributed by atoms with Gasteiger partial charge in [0.1, 0.15) is 11.7 Å². The molecule has 1 aliphatic rings. The standard InChI is InChI=1S/C16H20N7O2/c1-2-5-22-7-10(6-19-22)15-20-14(17)13-16(21-15)23(9-18-13)12-4-3-11(8-24)25-12/h4,6-7,9,11-12,24H,2-3,5,8H2,1H3,(H2,17,20,21). The highest BCUT2D eigenvalue weighted by Gasteiger charge is 2.28. The second-order valence-corrected chi connectivity index (χ2v) is 6.05. The molecule has 3 aromatic heterocycles. The molecule has 9 heteroatoms. The lowest BCUT2D eigenvalue weighted by molar-refractivity contribution is -0.0140. The molecule has 0 bridgehead atoms. The Bertz CT molecular complexity index is 888. The van der Waals surface area contributed by atoms with Crippen LogP contribution < -0.4 is 5.73 Å². The Morgan fingerprint density at radius 1 is 1.40 bits per heavy atom. The van der Waals surface area contributed by atoms with Crippen molar-refractivity contribution < 1.29 is 9.84 Å². The predicted molar refractivity (Wildman–Crippen MR) is 91.2 cm³/mol. The number of nitrogens with two attached hydrogens (primary N) is 1. The van der Waals surface area contributed by atoms with Gasteiger partial charge < -0.3 is 15.6 Å². The fourth-order valence-corrected chi connectivity index (χ4v) is 2.96. The molecule has 3 N–H and O–H groups in total. The number of ether oxygens (including phenoxy) is 1. The molecule has 0 amide bonds. The van der Waals surface area contributed by atoms with Gasteiger partial charge in [-0.2, -0.15) is 5.10 Å². The van der Waals surface area contributed by atoms with Crippen LogP contribution in [0.4, 0.5) is 5.82 Å². The van der Waals surface area contributed by atoms with E-state index >= 15 is 0 Å². The van der Waals surface area contributed by atoms with E-state index in [0.717, 1.165) is 18.5 Å².